The largest absolute Gasteiger partial charge is 0.368 e. The van der Waals surface area contributed by atoms with Gasteiger partial charge in [0.25, 0.3) is 0 Å². The van der Waals surface area contributed by atoms with Gasteiger partial charge in [0, 0.05) is 43.4 Å². The molecule has 254 valence electrons. The molecular weight excluding hydrogens is 608 g/mol. The van der Waals surface area contributed by atoms with Crippen molar-refractivity contribution in [2.45, 2.75) is 85.4 Å². The van der Waals surface area contributed by atoms with Crippen molar-refractivity contribution in [2.24, 2.45) is 23.2 Å². The van der Waals surface area contributed by atoms with Crippen molar-refractivity contribution in [3.05, 3.63) is 29.3 Å². The molecule has 12 heteroatoms. The van der Waals surface area contributed by atoms with Crippen LogP contribution in [-0.4, -0.2) is 96.7 Å². The van der Waals surface area contributed by atoms with Gasteiger partial charge in [-0.1, -0.05) is 65.1 Å². The zero-order valence-electron chi connectivity index (χ0n) is 28.1. The fourth-order valence-corrected chi connectivity index (χ4v) is 6.46. The van der Waals surface area contributed by atoms with E-state index in [-0.39, 0.29) is 41.9 Å². The van der Waals surface area contributed by atoms with Crippen molar-refractivity contribution >= 4 is 46.8 Å². The molecular formula is C34H51ClN6O5. The van der Waals surface area contributed by atoms with Crippen molar-refractivity contribution in [1.82, 2.24) is 25.8 Å². The Kier molecular flexibility index (Phi) is 11.6. The summed E-state index contributed by atoms with van der Waals surface area (Å²) in [6.07, 6.45) is 3.25. The summed E-state index contributed by atoms with van der Waals surface area (Å²) in [5, 5.41) is 9.04. The molecule has 4 atom stereocenters. The molecule has 4 rings (SSSR count). The van der Waals surface area contributed by atoms with E-state index in [9.17, 15) is 24.0 Å². The van der Waals surface area contributed by atoms with Crippen LogP contribution in [0.5, 0.6) is 0 Å². The number of benzene rings is 1. The highest BCUT2D eigenvalue weighted by atomic mass is 35.5. The quantitative estimate of drug-likeness (QED) is 0.334. The first-order valence-electron chi connectivity index (χ1n) is 16.6. The second kappa shape index (κ2) is 15.0. The summed E-state index contributed by atoms with van der Waals surface area (Å²) in [6, 6.07) is 4.74. The Morgan fingerprint density at radius 3 is 2.24 bits per heavy atom. The van der Waals surface area contributed by atoms with Crippen LogP contribution in [0.4, 0.5) is 10.5 Å². The normalized spacial score (nSPS) is 21.5. The maximum Gasteiger partial charge on any atom is 0.315 e. The molecule has 0 aromatic heterocycles. The van der Waals surface area contributed by atoms with Gasteiger partial charge in [0.2, 0.25) is 17.7 Å². The number of carbonyl (C=O) groups is 5. The van der Waals surface area contributed by atoms with Gasteiger partial charge in [-0.3, -0.25) is 19.2 Å². The Balaban J connectivity index is 1.35. The van der Waals surface area contributed by atoms with Crippen molar-refractivity contribution in [1.29, 1.82) is 0 Å². The molecule has 0 bridgehead atoms. The molecule has 1 aromatic carbocycles. The number of nitrogens with one attached hydrogen (secondary N) is 3. The molecule has 46 heavy (non-hydrogen) atoms. The monoisotopic (exact) mass is 658 g/mol. The number of ketones is 1. The predicted octanol–water partition coefficient (Wildman–Crippen LogP) is 3.45. The zero-order chi connectivity index (χ0) is 33.8. The third-order valence-electron chi connectivity index (χ3n) is 9.53. The third-order valence-corrected chi connectivity index (χ3v) is 9.76. The smallest absolute Gasteiger partial charge is 0.315 e. The number of likely N-dealkylation sites (tertiary alicyclic amines) is 1. The highest BCUT2D eigenvalue weighted by molar-refractivity contribution is 6.30. The van der Waals surface area contributed by atoms with Crippen LogP contribution in [0.3, 0.4) is 0 Å². The van der Waals surface area contributed by atoms with Crippen molar-refractivity contribution in [3.8, 4) is 0 Å². The summed E-state index contributed by atoms with van der Waals surface area (Å²) >= 11 is 6.13. The lowest BCUT2D eigenvalue weighted by Gasteiger charge is -2.36. The van der Waals surface area contributed by atoms with Crippen LogP contribution in [0.25, 0.3) is 0 Å². The molecule has 5 amide bonds. The third kappa shape index (κ3) is 9.36. The molecule has 0 spiro atoms. The number of rotatable bonds is 11. The maximum atomic E-state index is 14.1. The number of amides is 5. The summed E-state index contributed by atoms with van der Waals surface area (Å²) in [5.74, 6) is -0.165. The summed E-state index contributed by atoms with van der Waals surface area (Å²) in [7, 11) is 0. The summed E-state index contributed by atoms with van der Waals surface area (Å²) in [5.41, 5.74) is 0.323. The fraction of sp³-hybridized carbons (Fsp3) is 0.676. The lowest BCUT2D eigenvalue weighted by Crippen LogP contribution is -2.60. The summed E-state index contributed by atoms with van der Waals surface area (Å²) in [4.78, 5) is 71.5. The van der Waals surface area contributed by atoms with E-state index in [0.717, 1.165) is 18.5 Å². The summed E-state index contributed by atoms with van der Waals surface area (Å²) < 4.78 is 0. The van der Waals surface area contributed by atoms with E-state index in [1.807, 2.05) is 45.0 Å². The number of hydrogen-bond acceptors (Lipinski definition) is 6. The first-order valence-corrected chi connectivity index (χ1v) is 17.0. The Morgan fingerprint density at radius 1 is 1.00 bits per heavy atom. The van der Waals surface area contributed by atoms with E-state index >= 15 is 0 Å². The molecule has 2 heterocycles. The van der Waals surface area contributed by atoms with Crippen molar-refractivity contribution in [2.75, 3.05) is 44.2 Å². The lowest BCUT2D eigenvalue weighted by atomic mass is 9.85. The average molecular weight is 659 g/mol. The van der Waals surface area contributed by atoms with Gasteiger partial charge in [-0.2, -0.15) is 0 Å². The number of anilines is 1. The number of nitrogens with zero attached hydrogens (tertiary/aromatic N) is 3. The minimum absolute atomic E-state index is 0.0834. The minimum Gasteiger partial charge on any atom is -0.368 e. The standard InChI is InChI=1S/C34H51ClN6O5/c1-21(2)24-17-28(31(44)37-27(22(3)42)16-23-10-11-23)41(20-24)32(45)30(34(4,5)6)38-33(46)36-19-29(43)40-14-12-39(13-15-40)26-9-7-8-25(35)18-26/h7-9,18,21,23-24,27-28,30H,10-17,19-20H2,1-6H3,(H,37,44)(H2,36,38,46)/t24-,27?,28?,30?/m1/s1. The van der Waals surface area contributed by atoms with Crippen LogP contribution in [0.1, 0.15) is 67.2 Å². The second-order valence-electron chi connectivity index (χ2n) is 14.6. The highest BCUT2D eigenvalue weighted by Crippen LogP contribution is 2.35. The second-order valence-corrected chi connectivity index (χ2v) is 15.0. The Morgan fingerprint density at radius 2 is 1.67 bits per heavy atom. The van der Waals surface area contributed by atoms with Gasteiger partial charge >= 0.3 is 6.03 Å². The Hall–Kier alpha value is -3.34. The van der Waals surface area contributed by atoms with Crippen LogP contribution in [-0.2, 0) is 19.2 Å². The minimum atomic E-state index is -0.944. The van der Waals surface area contributed by atoms with Gasteiger partial charge in [0.05, 0.1) is 12.6 Å². The summed E-state index contributed by atoms with van der Waals surface area (Å²) in [6.45, 7) is 13.7. The van der Waals surface area contributed by atoms with E-state index in [2.05, 4.69) is 34.7 Å². The van der Waals surface area contributed by atoms with Crippen molar-refractivity contribution < 1.29 is 24.0 Å². The first-order chi connectivity index (χ1) is 21.6. The molecule has 2 aliphatic heterocycles. The fourth-order valence-electron chi connectivity index (χ4n) is 6.28. The van der Waals surface area contributed by atoms with E-state index < -0.39 is 29.6 Å². The number of urea groups is 1. The molecule has 11 nitrogen and oxygen atoms in total. The molecule has 1 saturated carbocycles. The van der Waals surface area contributed by atoms with Gasteiger partial charge in [-0.05, 0) is 61.1 Å². The van der Waals surface area contributed by atoms with Crippen molar-refractivity contribution in [3.63, 3.8) is 0 Å². The Labute approximate surface area is 278 Å². The number of halogens is 1. The average Bonchev–Trinajstić information content (AvgIpc) is 3.70. The topological polar surface area (TPSA) is 131 Å². The first kappa shape index (κ1) is 35.5. The number of piperazine rings is 1. The SMILES string of the molecule is CC(=O)C(CC1CC1)NC(=O)C1C[C@@H](C(C)C)CN1C(=O)C(NC(=O)NCC(=O)N1CCN(c2cccc(Cl)c2)CC1)C(C)(C)C. The van der Waals surface area contributed by atoms with Crippen LogP contribution in [0.2, 0.25) is 5.02 Å². The van der Waals surface area contributed by atoms with E-state index in [0.29, 0.717) is 56.5 Å². The van der Waals surface area contributed by atoms with Gasteiger partial charge in [-0.15, -0.1) is 0 Å². The molecule has 3 fully saturated rings. The Bertz CT molecular complexity index is 1290. The van der Waals surface area contributed by atoms with Gasteiger partial charge < -0.3 is 30.7 Å². The lowest BCUT2D eigenvalue weighted by molar-refractivity contribution is -0.142. The van der Waals surface area contributed by atoms with Gasteiger partial charge in [0.15, 0.2) is 5.78 Å². The number of carbonyl (C=O) groups excluding carboxylic acids is 5. The van der Waals surface area contributed by atoms with E-state index in [1.165, 1.54) is 6.92 Å². The molecule has 3 N–H and O–H groups in total. The molecule has 3 unspecified atom stereocenters. The molecule has 0 radical (unpaired) electrons. The molecule has 3 aliphatic rings. The zero-order valence-corrected chi connectivity index (χ0v) is 28.9. The van der Waals surface area contributed by atoms with E-state index in [4.69, 9.17) is 11.6 Å². The predicted molar refractivity (Wildman–Crippen MR) is 178 cm³/mol. The molecule has 1 aliphatic carbocycles. The van der Waals surface area contributed by atoms with E-state index in [1.54, 1.807) is 9.80 Å². The number of hydrogen-bond donors (Lipinski definition) is 3. The highest BCUT2D eigenvalue weighted by Gasteiger charge is 2.46. The van der Waals surface area contributed by atoms with Crippen LogP contribution >= 0.6 is 11.6 Å². The van der Waals surface area contributed by atoms with Crippen LogP contribution in [0, 0.1) is 23.2 Å². The number of Topliss-reactive ketones (excluding diaryl/α,β-unsaturated/α-hetero) is 1. The molecule has 1 aromatic rings. The van der Waals surface area contributed by atoms with Crippen LogP contribution < -0.4 is 20.9 Å². The van der Waals surface area contributed by atoms with Gasteiger partial charge in [0.1, 0.15) is 12.1 Å². The van der Waals surface area contributed by atoms with Crippen LogP contribution in [0.15, 0.2) is 24.3 Å². The molecule has 2 saturated heterocycles. The van der Waals surface area contributed by atoms with Gasteiger partial charge in [-0.25, -0.2) is 4.79 Å². The maximum absolute atomic E-state index is 14.1.